The highest BCUT2D eigenvalue weighted by Gasteiger charge is 2.25. The largest absolute Gasteiger partial charge is 0.481 e. The van der Waals surface area contributed by atoms with Crippen LogP contribution in [0.15, 0.2) is 24.3 Å². The van der Waals surface area contributed by atoms with Gasteiger partial charge < -0.3 is 14.9 Å². The Balaban J connectivity index is 1.88. The summed E-state index contributed by atoms with van der Waals surface area (Å²) in [6.07, 6.45) is 1.18. The number of hydrogen-bond donors (Lipinski definition) is 1. The Kier molecular flexibility index (Phi) is 4.37. The summed E-state index contributed by atoms with van der Waals surface area (Å²) in [6, 6.07) is 6.88. The molecule has 1 aromatic rings. The van der Waals surface area contributed by atoms with Gasteiger partial charge in [0.2, 0.25) is 0 Å². The summed E-state index contributed by atoms with van der Waals surface area (Å²) in [4.78, 5) is 14.9. The molecule has 1 saturated heterocycles. The van der Waals surface area contributed by atoms with Gasteiger partial charge in [0.05, 0.1) is 6.42 Å². The Labute approximate surface area is 112 Å². The van der Waals surface area contributed by atoms with Crippen LogP contribution in [0.5, 0.6) is 0 Å². The molecule has 0 aromatic heterocycles. The van der Waals surface area contributed by atoms with Crippen LogP contribution in [0, 0.1) is 5.82 Å². The molecule has 19 heavy (non-hydrogen) atoms. The van der Waals surface area contributed by atoms with Crippen molar-refractivity contribution in [2.45, 2.75) is 18.9 Å². The summed E-state index contributed by atoms with van der Waals surface area (Å²) in [5.41, 5.74) is 1.02. The average molecular weight is 266 g/mol. The Bertz CT molecular complexity index is 436. The van der Waals surface area contributed by atoms with Crippen LogP contribution in [0.2, 0.25) is 0 Å². The van der Waals surface area contributed by atoms with Gasteiger partial charge in [-0.15, -0.1) is 0 Å². The van der Waals surface area contributed by atoms with Crippen LogP contribution < -0.4 is 4.90 Å². The molecule has 1 heterocycles. The van der Waals surface area contributed by atoms with Crippen LogP contribution in [0.1, 0.15) is 12.8 Å². The summed E-state index contributed by atoms with van der Waals surface area (Å²) >= 11 is 0. The normalized spacial score (nSPS) is 19.1. The van der Waals surface area contributed by atoms with Crippen molar-refractivity contribution >= 4 is 11.7 Å². The lowest BCUT2D eigenvalue weighted by atomic mass is 10.2. The molecule has 0 radical (unpaired) electrons. The molecular weight excluding hydrogens is 247 g/mol. The van der Waals surface area contributed by atoms with Gasteiger partial charge in [-0.2, -0.15) is 0 Å². The molecule has 0 bridgehead atoms. The topological polar surface area (TPSA) is 43.8 Å². The molecule has 1 fully saturated rings. The van der Waals surface area contributed by atoms with E-state index in [0.29, 0.717) is 12.6 Å². The third kappa shape index (κ3) is 3.67. The minimum Gasteiger partial charge on any atom is -0.481 e. The Morgan fingerprint density at radius 1 is 1.47 bits per heavy atom. The van der Waals surface area contributed by atoms with Gasteiger partial charge >= 0.3 is 5.97 Å². The number of aliphatic carboxylic acids is 1. The van der Waals surface area contributed by atoms with Crippen molar-refractivity contribution in [1.82, 2.24) is 4.90 Å². The van der Waals surface area contributed by atoms with Gasteiger partial charge in [0.1, 0.15) is 5.82 Å². The summed E-state index contributed by atoms with van der Waals surface area (Å²) in [7, 11) is 1.96. The fraction of sp³-hybridized carbons (Fsp3) is 0.500. The van der Waals surface area contributed by atoms with E-state index in [4.69, 9.17) is 5.11 Å². The Morgan fingerprint density at radius 2 is 2.16 bits per heavy atom. The number of benzene rings is 1. The molecule has 0 aliphatic carbocycles. The van der Waals surface area contributed by atoms with Crippen molar-refractivity contribution < 1.29 is 14.3 Å². The number of anilines is 1. The van der Waals surface area contributed by atoms with Gasteiger partial charge in [-0.1, -0.05) is 0 Å². The highest BCUT2D eigenvalue weighted by atomic mass is 19.1. The molecular formula is C14H19FN2O2. The van der Waals surface area contributed by atoms with E-state index in [1.54, 1.807) is 12.1 Å². The lowest BCUT2D eigenvalue weighted by Gasteiger charge is -2.24. The van der Waals surface area contributed by atoms with Gasteiger partial charge in [0, 0.05) is 31.4 Å². The third-order valence-electron chi connectivity index (χ3n) is 3.66. The summed E-state index contributed by atoms with van der Waals surface area (Å²) in [6.45, 7) is 2.35. The van der Waals surface area contributed by atoms with Crippen LogP contribution in [0.4, 0.5) is 10.1 Å². The van der Waals surface area contributed by atoms with E-state index in [1.807, 2.05) is 7.05 Å². The van der Waals surface area contributed by atoms with Crippen LogP contribution >= 0.6 is 0 Å². The molecule has 1 unspecified atom stereocenters. The lowest BCUT2D eigenvalue weighted by Crippen LogP contribution is -2.35. The number of hydrogen-bond acceptors (Lipinski definition) is 3. The van der Waals surface area contributed by atoms with Crippen molar-refractivity contribution in [2.75, 3.05) is 31.6 Å². The number of rotatable bonds is 5. The van der Waals surface area contributed by atoms with E-state index in [1.165, 1.54) is 12.1 Å². The molecule has 1 aliphatic heterocycles. The van der Waals surface area contributed by atoms with Crippen LogP contribution in [-0.4, -0.2) is 48.7 Å². The second-order valence-corrected chi connectivity index (χ2v) is 4.99. The number of carboxylic acid groups (broad SMARTS) is 1. The minimum absolute atomic E-state index is 0.170. The zero-order valence-corrected chi connectivity index (χ0v) is 11.1. The molecule has 0 amide bonds. The predicted octanol–water partition coefficient (Wildman–Crippen LogP) is 1.81. The first-order valence-electron chi connectivity index (χ1n) is 6.49. The van der Waals surface area contributed by atoms with Crippen molar-refractivity contribution in [1.29, 1.82) is 0 Å². The molecule has 5 heteroatoms. The molecule has 1 aliphatic rings. The molecule has 2 rings (SSSR count). The van der Waals surface area contributed by atoms with Gasteiger partial charge in [-0.25, -0.2) is 4.39 Å². The zero-order valence-electron chi connectivity index (χ0n) is 11.1. The number of carbonyl (C=O) groups is 1. The quantitative estimate of drug-likeness (QED) is 0.882. The van der Waals surface area contributed by atoms with Crippen molar-refractivity contribution in [2.24, 2.45) is 0 Å². The van der Waals surface area contributed by atoms with E-state index in [-0.39, 0.29) is 12.2 Å². The van der Waals surface area contributed by atoms with Crippen molar-refractivity contribution in [3.8, 4) is 0 Å². The second-order valence-electron chi connectivity index (χ2n) is 4.99. The van der Waals surface area contributed by atoms with Gasteiger partial charge in [0.15, 0.2) is 0 Å². The van der Waals surface area contributed by atoms with Crippen LogP contribution in [0.3, 0.4) is 0 Å². The number of halogens is 1. The van der Waals surface area contributed by atoms with Crippen molar-refractivity contribution in [3.63, 3.8) is 0 Å². The van der Waals surface area contributed by atoms with E-state index >= 15 is 0 Å². The summed E-state index contributed by atoms with van der Waals surface area (Å²) < 4.78 is 12.9. The van der Waals surface area contributed by atoms with Gasteiger partial charge in [0.25, 0.3) is 0 Å². The van der Waals surface area contributed by atoms with E-state index in [0.717, 1.165) is 25.2 Å². The molecule has 1 N–H and O–H groups in total. The zero-order chi connectivity index (χ0) is 13.8. The smallest absolute Gasteiger partial charge is 0.304 e. The standard InChI is InChI=1S/C14H19FN2O2/c1-16(8-7-14(18)19)13-6-9-17(10-13)12-4-2-11(15)3-5-12/h2-5,13H,6-10H2,1H3,(H,18,19). The fourth-order valence-electron chi connectivity index (χ4n) is 2.44. The number of likely N-dealkylation sites (N-methyl/N-ethyl adjacent to an activating group) is 1. The molecule has 4 nitrogen and oxygen atoms in total. The van der Waals surface area contributed by atoms with Crippen LogP contribution in [0.25, 0.3) is 0 Å². The second kappa shape index (κ2) is 6.02. The lowest BCUT2D eigenvalue weighted by molar-refractivity contribution is -0.137. The summed E-state index contributed by atoms with van der Waals surface area (Å²) in [5.74, 6) is -0.988. The maximum absolute atomic E-state index is 12.9. The highest BCUT2D eigenvalue weighted by Crippen LogP contribution is 2.22. The van der Waals surface area contributed by atoms with Crippen LogP contribution in [-0.2, 0) is 4.79 Å². The first-order chi connectivity index (χ1) is 9.06. The molecule has 104 valence electrons. The van der Waals surface area contributed by atoms with E-state index in [9.17, 15) is 9.18 Å². The van der Waals surface area contributed by atoms with Gasteiger partial charge in [-0.3, -0.25) is 4.79 Å². The van der Waals surface area contributed by atoms with E-state index < -0.39 is 5.97 Å². The maximum atomic E-state index is 12.9. The average Bonchev–Trinajstić information content (AvgIpc) is 2.86. The number of nitrogens with zero attached hydrogens (tertiary/aromatic N) is 2. The molecule has 0 saturated carbocycles. The first-order valence-corrected chi connectivity index (χ1v) is 6.49. The first kappa shape index (κ1) is 13.8. The predicted molar refractivity (Wildman–Crippen MR) is 71.9 cm³/mol. The molecule has 1 atom stereocenters. The Hall–Kier alpha value is -1.62. The fourth-order valence-corrected chi connectivity index (χ4v) is 2.44. The Morgan fingerprint density at radius 3 is 2.79 bits per heavy atom. The number of carboxylic acids is 1. The SMILES string of the molecule is CN(CCC(=O)O)C1CCN(c2ccc(F)cc2)C1. The minimum atomic E-state index is -0.764. The molecule has 0 spiro atoms. The maximum Gasteiger partial charge on any atom is 0.304 e. The highest BCUT2D eigenvalue weighted by molar-refractivity contribution is 5.66. The molecule has 1 aromatic carbocycles. The monoisotopic (exact) mass is 266 g/mol. The summed E-state index contributed by atoms with van der Waals surface area (Å²) in [5, 5.41) is 8.69. The van der Waals surface area contributed by atoms with E-state index in [2.05, 4.69) is 9.80 Å². The third-order valence-corrected chi connectivity index (χ3v) is 3.66. The van der Waals surface area contributed by atoms with Gasteiger partial charge in [-0.05, 0) is 37.7 Å². The van der Waals surface area contributed by atoms with Crippen molar-refractivity contribution in [3.05, 3.63) is 30.1 Å².